The lowest BCUT2D eigenvalue weighted by Gasteiger charge is -2.45. The maximum atomic E-state index is 2.59. The number of fused-ring (bicyclic) bond motifs is 7. The average Bonchev–Trinajstić information content (AvgIpc) is 3.53. The zero-order valence-electron chi connectivity index (χ0n) is 42.1. The first-order chi connectivity index (χ1) is 32.3. The molecule has 0 radical (unpaired) electrons. The van der Waals surface area contributed by atoms with Gasteiger partial charge in [0.1, 0.15) is 0 Å². The fourth-order valence-electron chi connectivity index (χ4n) is 11.3. The first kappa shape index (κ1) is 43.8. The van der Waals surface area contributed by atoms with E-state index in [-0.39, 0.29) is 28.4 Å². The molecule has 2 heterocycles. The minimum atomic E-state index is -0.161. The summed E-state index contributed by atoms with van der Waals surface area (Å²) in [5.41, 5.74) is 25.3. The molecule has 3 nitrogen and oxygen atoms in total. The molecule has 0 fully saturated rings. The molecule has 1 aliphatic carbocycles. The van der Waals surface area contributed by atoms with Crippen LogP contribution in [0.5, 0.6) is 0 Å². The van der Waals surface area contributed by atoms with Gasteiger partial charge in [-0.1, -0.05) is 167 Å². The lowest BCUT2D eigenvalue weighted by Crippen LogP contribution is -2.61. The van der Waals surface area contributed by atoms with Gasteiger partial charge in [-0.05, 0) is 163 Å². The van der Waals surface area contributed by atoms with Crippen molar-refractivity contribution < 1.29 is 0 Å². The fourth-order valence-corrected chi connectivity index (χ4v) is 11.3. The summed E-state index contributed by atoms with van der Waals surface area (Å²) >= 11 is 0. The predicted octanol–water partition coefficient (Wildman–Crippen LogP) is 15.7. The average molecular weight is 886 g/mol. The Labute approximate surface area is 406 Å². The van der Waals surface area contributed by atoms with Crippen LogP contribution in [0, 0.1) is 6.92 Å². The highest BCUT2D eigenvalue weighted by molar-refractivity contribution is 7.00. The van der Waals surface area contributed by atoms with Crippen molar-refractivity contribution >= 4 is 74.3 Å². The first-order valence-corrected chi connectivity index (χ1v) is 24.6. The van der Waals surface area contributed by atoms with E-state index in [0.29, 0.717) is 0 Å². The third kappa shape index (κ3) is 7.01. The van der Waals surface area contributed by atoms with E-state index in [4.69, 9.17) is 0 Å². The van der Waals surface area contributed by atoms with Gasteiger partial charge in [0.25, 0.3) is 6.71 Å². The van der Waals surface area contributed by atoms with Crippen LogP contribution in [-0.4, -0.2) is 6.71 Å². The highest BCUT2D eigenvalue weighted by Gasteiger charge is 2.45. The van der Waals surface area contributed by atoms with Gasteiger partial charge in [0, 0.05) is 56.6 Å². The van der Waals surface area contributed by atoms with Gasteiger partial charge in [-0.3, -0.25) is 0 Å². The monoisotopic (exact) mass is 886 g/mol. The molecule has 68 heavy (non-hydrogen) atoms. The van der Waals surface area contributed by atoms with Crippen molar-refractivity contribution in [1.82, 2.24) is 0 Å². The Morgan fingerprint density at radius 2 is 0.912 bits per heavy atom. The third-order valence-corrected chi connectivity index (χ3v) is 15.1. The van der Waals surface area contributed by atoms with Crippen LogP contribution in [0.25, 0.3) is 11.1 Å². The summed E-state index contributed by atoms with van der Waals surface area (Å²) < 4.78 is 0. The largest absolute Gasteiger partial charge is 0.311 e. The van der Waals surface area contributed by atoms with Gasteiger partial charge in [-0.2, -0.15) is 0 Å². The Bertz CT molecular complexity index is 3230. The number of rotatable bonds is 5. The highest BCUT2D eigenvalue weighted by Crippen LogP contribution is 2.53. The molecular formula is C64H64BN3. The zero-order valence-corrected chi connectivity index (χ0v) is 42.1. The second kappa shape index (κ2) is 15.4. The molecule has 0 saturated carbocycles. The van der Waals surface area contributed by atoms with Crippen LogP contribution in [0.1, 0.15) is 110 Å². The number of hydrogen-bond acceptors (Lipinski definition) is 3. The summed E-state index contributed by atoms with van der Waals surface area (Å²) in [5, 5.41) is 0. The van der Waals surface area contributed by atoms with Crippen molar-refractivity contribution in [3.05, 3.63) is 203 Å². The Morgan fingerprint density at radius 3 is 1.50 bits per heavy atom. The molecule has 0 bridgehead atoms. The first-order valence-electron chi connectivity index (χ1n) is 24.6. The van der Waals surface area contributed by atoms with Crippen molar-refractivity contribution in [3.63, 3.8) is 0 Å². The van der Waals surface area contributed by atoms with Crippen LogP contribution in [0.4, 0.5) is 51.2 Å². The van der Waals surface area contributed by atoms with Gasteiger partial charge in [0.05, 0.1) is 0 Å². The van der Waals surface area contributed by atoms with E-state index in [1.807, 2.05) is 0 Å². The van der Waals surface area contributed by atoms with Gasteiger partial charge < -0.3 is 14.7 Å². The molecule has 2 aliphatic heterocycles. The Hall–Kier alpha value is -6.78. The van der Waals surface area contributed by atoms with Crippen molar-refractivity contribution in [2.75, 3.05) is 14.7 Å². The topological polar surface area (TPSA) is 9.72 Å². The second-order valence-corrected chi connectivity index (χ2v) is 23.3. The number of para-hydroxylation sites is 2. The summed E-state index contributed by atoms with van der Waals surface area (Å²) in [6.45, 7) is 28.0. The van der Waals surface area contributed by atoms with Crippen LogP contribution >= 0.6 is 0 Å². The molecule has 8 aromatic carbocycles. The smallest absolute Gasteiger partial charge is 0.252 e. The zero-order chi connectivity index (χ0) is 47.7. The van der Waals surface area contributed by atoms with E-state index in [9.17, 15) is 0 Å². The van der Waals surface area contributed by atoms with Crippen LogP contribution in [-0.2, 0) is 21.7 Å². The summed E-state index contributed by atoms with van der Waals surface area (Å²) in [5.74, 6) is 0. The Kier molecular flexibility index (Phi) is 9.90. The number of aryl methyl sites for hydroxylation is 1. The second-order valence-electron chi connectivity index (χ2n) is 23.3. The van der Waals surface area contributed by atoms with Gasteiger partial charge >= 0.3 is 0 Å². The van der Waals surface area contributed by atoms with E-state index >= 15 is 0 Å². The van der Waals surface area contributed by atoms with Crippen LogP contribution in [0.15, 0.2) is 170 Å². The van der Waals surface area contributed by atoms with E-state index in [1.165, 1.54) is 89.3 Å². The number of hydrogen-bond donors (Lipinski definition) is 0. The van der Waals surface area contributed by atoms with Gasteiger partial charge in [0.15, 0.2) is 0 Å². The van der Waals surface area contributed by atoms with E-state index < -0.39 is 0 Å². The standard InChI is InChI=1S/C64H64BN3/c1-41-35-58-60-59(36-41)68(48-29-32-51-50-31-25-43(62(5,6)7)37-52(50)64(11,12)53(51)39-48)56-34-26-44(63(8,9)10)38-55(56)65(60)54-33-30-49(66(45-19-15-13-16-20-45)46-21-17-14-18-22-46)40-57(54)67(58)47-27-23-42(24-28-47)61(2,3)4/h13-40H,1-12H3. The molecule has 0 N–H and O–H groups in total. The number of nitrogens with zero attached hydrogens (tertiary/aromatic N) is 3. The van der Waals surface area contributed by atoms with E-state index in [2.05, 4.69) is 268 Å². The minimum Gasteiger partial charge on any atom is -0.311 e. The lowest BCUT2D eigenvalue weighted by atomic mass is 9.33. The van der Waals surface area contributed by atoms with Gasteiger partial charge in [0.2, 0.25) is 0 Å². The maximum absolute atomic E-state index is 2.59. The molecule has 8 aromatic rings. The number of benzene rings is 8. The summed E-state index contributed by atoms with van der Waals surface area (Å²) in [7, 11) is 0. The Balaban J connectivity index is 1.17. The number of anilines is 9. The molecule has 0 saturated heterocycles. The SMILES string of the molecule is Cc1cc2c3c(c1)N(c1ccc(C(C)(C)C)cc1)c1cc(N(c4ccccc4)c4ccccc4)ccc1B3c1cc(C(C)(C)C)ccc1N2c1ccc2c(c1)C(C)(C)c1cc(C(C)(C)C)ccc1-2. The van der Waals surface area contributed by atoms with Gasteiger partial charge in [-0.25, -0.2) is 0 Å². The maximum Gasteiger partial charge on any atom is 0.252 e. The molecule has 0 amide bonds. The molecular weight excluding hydrogens is 822 g/mol. The summed E-state index contributed by atoms with van der Waals surface area (Å²) in [6.07, 6.45) is 0. The fraction of sp³-hybridized carbons (Fsp3) is 0.250. The van der Waals surface area contributed by atoms with Gasteiger partial charge in [-0.15, -0.1) is 0 Å². The van der Waals surface area contributed by atoms with Crippen molar-refractivity contribution in [2.24, 2.45) is 0 Å². The quantitative estimate of drug-likeness (QED) is 0.159. The highest BCUT2D eigenvalue weighted by atomic mass is 15.2. The molecule has 0 atom stereocenters. The lowest BCUT2D eigenvalue weighted by molar-refractivity contribution is 0.584. The normalized spacial score (nSPS) is 14.5. The molecule has 0 aromatic heterocycles. The molecule has 338 valence electrons. The van der Waals surface area contributed by atoms with E-state index in [1.54, 1.807) is 0 Å². The summed E-state index contributed by atoms with van der Waals surface area (Å²) in [4.78, 5) is 7.55. The predicted molar refractivity (Wildman–Crippen MR) is 294 cm³/mol. The van der Waals surface area contributed by atoms with Crippen molar-refractivity contribution in [2.45, 2.75) is 105 Å². The van der Waals surface area contributed by atoms with Crippen molar-refractivity contribution in [3.8, 4) is 11.1 Å². The van der Waals surface area contributed by atoms with Crippen LogP contribution in [0.3, 0.4) is 0 Å². The summed E-state index contributed by atoms with van der Waals surface area (Å²) in [6, 6.07) is 64.9. The van der Waals surface area contributed by atoms with Crippen molar-refractivity contribution in [1.29, 1.82) is 0 Å². The minimum absolute atomic E-state index is 0.00357. The molecule has 11 rings (SSSR count). The van der Waals surface area contributed by atoms with Crippen LogP contribution < -0.4 is 31.1 Å². The van der Waals surface area contributed by atoms with Crippen LogP contribution in [0.2, 0.25) is 0 Å². The van der Waals surface area contributed by atoms with E-state index in [0.717, 1.165) is 22.7 Å². The molecule has 3 aliphatic rings. The molecule has 4 heteroatoms. The third-order valence-electron chi connectivity index (χ3n) is 15.1. The molecule has 0 unspecified atom stereocenters. The molecule has 0 spiro atoms. The Morgan fingerprint density at radius 1 is 0.412 bits per heavy atom.